The molecule has 0 aromatic carbocycles. The molecule has 0 spiro atoms. The highest BCUT2D eigenvalue weighted by atomic mass is 16.5. The van der Waals surface area contributed by atoms with Gasteiger partial charge in [-0.05, 0) is 30.2 Å². The van der Waals surface area contributed by atoms with Crippen LogP contribution in [0.1, 0.15) is 50.3 Å². The highest BCUT2D eigenvalue weighted by Gasteiger charge is 2.20. The van der Waals surface area contributed by atoms with E-state index in [1.165, 1.54) is 4.68 Å². The van der Waals surface area contributed by atoms with Gasteiger partial charge in [-0.25, -0.2) is 9.48 Å². The highest BCUT2D eigenvalue weighted by Crippen LogP contribution is 2.15. The molecule has 15 heavy (non-hydrogen) atoms. The van der Waals surface area contributed by atoms with Crippen LogP contribution in [0.2, 0.25) is 0 Å². The van der Waals surface area contributed by atoms with Crippen LogP contribution in [0.15, 0.2) is 0 Å². The number of esters is 1. The Kier molecular flexibility index (Phi) is 4.20. The van der Waals surface area contributed by atoms with E-state index >= 15 is 0 Å². The zero-order chi connectivity index (χ0) is 11.3. The van der Waals surface area contributed by atoms with Gasteiger partial charge in [-0.2, -0.15) is 0 Å². The minimum atomic E-state index is -0.464. The van der Waals surface area contributed by atoms with E-state index in [1.54, 1.807) is 6.92 Å². The van der Waals surface area contributed by atoms with Crippen LogP contribution in [0.4, 0.5) is 0 Å². The van der Waals surface area contributed by atoms with E-state index < -0.39 is 5.97 Å². The fourth-order valence-electron chi connectivity index (χ4n) is 1.40. The summed E-state index contributed by atoms with van der Waals surface area (Å²) >= 11 is 0. The summed E-state index contributed by atoms with van der Waals surface area (Å²) in [5, 5.41) is 11.0. The normalized spacial score (nSPS) is 10.7. The number of hydrogen-bond acceptors (Lipinski definition) is 5. The highest BCUT2D eigenvalue weighted by molar-refractivity contribution is 5.85. The van der Waals surface area contributed by atoms with E-state index in [0.29, 0.717) is 6.61 Å². The number of carbonyl (C=O) groups excluding carboxylic acids is 1. The fourth-order valence-corrected chi connectivity index (χ4v) is 1.40. The molecule has 0 atom stereocenters. The van der Waals surface area contributed by atoms with Crippen LogP contribution in [0.25, 0.3) is 0 Å². The third kappa shape index (κ3) is 2.51. The lowest BCUT2D eigenvalue weighted by Gasteiger charge is -2.12. The number of hydrogen-bond donors (Lipinski definition) is 0. The third-order valence-corrected chi connectivity index (χ3v) is 2.24. The Morgan fingerprint density at radius 1 is 1.40 bits per heavy atom. The lowest BCUT2D eigenvalue weighted by Crippen LogP contribution is -2.18. The molecule has 1 rings (SSSR count). The van der Waals surface area contributed by atoms with Crippen LogP contribution in [0.3, 0.4) is 0 Å². The van der Waals surface area contributed by atoms with E-state index in [9.17, 15) is 4.79 Å². The minimum Gasteiger partial charge on any atom is -0.460 e. The standard InChI is InChI=1S/C9H16N4O2/c1-4-7(5-2)13-8(10-11-12-13)9(14)15-6-3/h7H,4-6H2,1-3H3. The van der Waals surface area contributed by atoms with Crippen molar-refractivity contribution in [1.29, 1.82) is 0 Å². The summed E-state index contributed by atoms with van der Waals surface area (Å²) < 4.78 is 6.40. The average Bonchev–Trinajstić information content (AvgIpc) is 2.69. The third-order valence-electron chi connectivity index (χ3n) is 2.24. The zero-order valence-corrected chi connectivity index (χ0v) is 9.30. The van der Waals surface area contributed by atoms with Gasteiger partial charge in [0.2, 0.25) is 0 Å². The number of aromatic nitrogens is 4. The lowest BCUT2D eigenvalue weighted by molar-refractivity contribution is 0.0500. The van der Waals surface area contributed by atoms with Gasteiger partial charge in [0.1, 0.15) is 0 Å². The van der Waals surface area contributed by atoms with Crippen molar-refractivity contribution in [3.05, 3.63) is 5.82 Å². The molecule has 1 aromatic rings. The molecule has 0 N–H and O–H groups in total. The summed E-state index contributed by atoms with van der Waals surface area (Å²) in [4.78, 5) is 11.5. The summed E-state index contributed by atoms with van der Waals surface area (Å²) in [6.07, 6.45) is 1.77. The van der Waals surface area contributed by atoms with E-state index in [0.717, 1.165) is 12.8 Å². The van der Waals surface area contributed by atoms with Crippen LogP contribution in [0, 0.1) is 0 Å². The topological polar surface area (TPSA) is 69.9 Å². The van der Waals surface area contributed by atoms with E-state index in [4.69, 9.17) is 4.74 Å². The van der Waals surface area contributed by atoms with Gasteiger partial charge in [0.15, 0.2) is 0 Å². The van der Waals surface area contributed by atoms with Gasteiger partial charge >= 0.3 is 5.97 Å². The quantitative estimate of drug-likeness (QED) is 0.686. The molecule has 1 aromatic heterocycles. The summed E-state index contributed by atoms with van der Waals surface area (Å²) in [7, 11) is 0. The Morgan fingerprint density at radius 2 is 2.07 bits per heavy atom. The number of ether oxygens (including phenoxy) is 1. The maximum Gasteiger partial charge on any atom is 0.378 e. The Balaban J connectivity index is 2.89. The molecular weight excluding hydrogens is 196 g/mol. The largest absolute Gasteiger partial charge is 0.460 e. The molecule has 0 saturated carbocycles. The molecule has 84 valence electrons. The molecule has 1 heterocycles. The number of nitrogens with zero attached hydrogens (tertiary/aromatic N) is 4. The van der Waals surface area contributed by atoms with Crippen LogP contribution in [-0.2, 0) is 4.74 Å². The Hall–Kier alpha value is -1.46. The van der Waals surface area contributed by atoms with Gasteiger partial charge in [-0.15, -0.1) is 5.10 Å². The van der Waals surface area contributed by atoms with Crippen molar-refractivity contribution in [2.45, 2.75) is 39.7 Å². The maximum atomic E-state index is 11.5. The van der Waals surface area contributed by atoms with Crippen molar-refractivity contribution in [3.63, 3.8) is 0 Å². The van der Waals surface area contributed by atoms with E-state index in [2.05, 4.69) is 15.5 Å². The molecule has 6 heteroatoms. The first kappa shape index (κ1) is 11.6. The summed E-state index contributed by atoms with van der Waals surface area (Å²) in [5.41, 5.74) is 0. The van der Waals surface area contributed by atoms with Crippen molar-refractivity contribution < 1.29 is 9.53 Å². The summed E-state index contributed by atoms with van der Waals surface area (Å²) in [6.45, 7) is 6.15. The van der Waals surface area contributed by atoms with Crippen molar-refractivity contribution in [1.82, 2.24) is 20.2 Å². The molecule has 6 nitrogen and oxygen atoms in total. The van der Waals surface area contributed by atoms with Crippen molar-refractivity contribution in [3.8, 4) is 0 Å². The molecule has 0 amide bonds. The van der Waals surface area contributed by atoms with Gasteiger partial charge in [0.25, 0.3) is 5.82 Å². The molecule has 0 bridgehead atoms. The minimum absolute atomic E-state index is 0.152. The predicted octanol–water partition coefficient (Wildman–Crippen LogP) is 1.21. The molecule has 0 aliphatic rings. The molecule has 0 aliphatic heterocycles. The zero-order valence-electron chi connectivity index (χ0n) is 9.30. The summed E-state index contributed by atoms with van der Waals surface area (Å²) in [6, 6.07) is 0.152. The van der Waals surface area contributed by atoms with Gasteiger partial charge in [-0.3, -0.25) is 0 Å². The monoisotopic (exact) mass is 212 g/mol. The predicted molar refractivity (Wildman–Crippen MR) is 53.4 cm³/mol. The number of carbonyl (C=O) groups is 1. The SMILES string of the molecule is CCOC(=O)c1nnnn1C(CC)CC. The van der Waals surface area contributed by atoms with Crippen molar-refractivity contribution in [2.75, 3.05) is 6.61 Å². The number of tetrazole rings is 1. The van der Waals surface area contributed by atoms with Crippen LogP contribution < -0.4 is 0 Å². The van der Waals surface area contributed by atoms with E-state index in [-0.39, 0.29) is 11.9 Å². The van der Waals surface area contributed by atoms with Gasteiger partial charge in [0, 0.05) is 0 Å². The first-order valence-corrected chi connectivity index (χ1v) is 5.19. The number of rotatable bonds is 5. The molecule has 0 saturated heterocycles. The lowest BCUT2D eigenvalue weighted by atomic mass is 10.2. The second-order valence-corrected chi connectivity index (χ2v) is 3.14. The van der Waals surface area contributed by atoms with Crippen LogP contribution >= 0.6 is 0 Å². The summed E-state index contributed by atoms with van der Waals surface area (Å²) in [5.74, 6) is -0.278. The fraction of sp³-hybridized carbons (Fsp3) is 0.778. The van der Waals surface area contributed by atoms with Gasteiger partial charge in [-0.1, -0.05) is 13.8 Å². The Labute approximate surface area is 88.6 Å². The first-order chi connectivity index (χ1) is 7.24. The first-order valence-electron chi connectivity index (χ1n) is 5.19. The van der Waals surface area contributed by atoms with Gasteiger partial charge in [0.05, 0.1) is 12.6 Å². The van der Waals surface area contributed by atoms with Crippen LogP contribution in [0.5, 0.6) is 0 Å². The van der Waals surface area contributed by atoms with E-state index in [1.807, 2.05) is 13.8 Å². The molecule has 0 radical (unpaired) electrons. The van der Waals surface area contributed by atoms with Crippen LogP contribution in [-0.4, -0.2) is 32.8 Å². The smallest absolute Gasteiger partial charge is 0.378 e. The van der Waals surface area contributed by atoms with Crippen molar-refractivity contribution >= 4 is 5.97 Å². The second kappa shape index (κ2) is 5.43. The average molecular weight is 212 g/mol. The maximum absolute atomic E-state index is 11.5. The molecular formula is C9H16N4O2. The Bertz CT molecular complexity index is 320. The second-order valence-electron chi connectivity index (χ2n) is 3.14. The van der Waals surface area contributed by atoms with Crippen molar-refractivity contribution in [2.24, 2.45) is 0 Å². The van der Waals surface area contributed by atoms with Gasteiger partial charge < -0.3 is 4.74 Å². The molecule has 0 unspecified atom stereocenters. The molecule has 0 fully saturated rings. The molecule has 0 aliphatic carbocycles. The Morgan fingerprint density at radius 3 is 2.60 bits per heavy atom.